The number of ketones is 1. The maximum Gasteiger partial charge on any atom is 0.204 e. The summed E-state index contributed by atoms with van der Waals surface area (Å²) in [5.74, 6) is 0.166. The van der Waals surface area contributed by atoms with Crippen LogP contribution in [0.1, 0.15) is 47.1 Å². The van der Waals surface area contributed by atoms with E-state index in [0.29, 0.717) is 0 Å². The quantitative estimate of drug-likeness (QED) is 0.788. The van der Waals surface area contributed by atoms with Crippen molar-refractivity contribution < 1.29 is 9.79 Å². The van der Waals surface area contributed by atoms with Crippen LogP contribution in [0.25, 0.3) is 0 Å². The van der Waals surface area contributed by atoms with Gasteiger partial charge in [0.1, 0.15) is 0 Å². The summed E-state index contributed by atoms with van der Waals surface area (Å²) >= 11 is 0. The molecule has 0 aliphatic heterocycles. The zero-order valence-corrected chi connectivity index (χ0v) is 15.4. The standard InChI is InChI=1S/C21H27NO/c1-14-8-10-15(11-9-14)22-16-12-17(20(2,3)4)19(23)18(13-16)21(5,6)7/h8-13H,1-7H3/p+1. The molecular formula is C21H28NO+. The monoisotopic (exact) mass is 310 g/mol. The van der Waals surface area contributed by atoms with Crippen molar-refractivity contribution in [2.75, 3.05) is 0 Å². The van der Waals surface area contributed by atoms with Gasteiger partial charge in [-0.15, -0.1) is 0 Å². The smallest absolute Gasteiger partial charge is 0.204 e. The Morgan fingerprint density at radius 3 is 1.61 bits per heavy atom. The molecule has 1 N–H and O–H groups in total. The molecule has 1 aliphatic carbocycles. The van der Waals surface area contributed by atoms with Crippen LogP contribution in [0.5, 0.6) is 0 Å². The van der Waals surface area contributed by atoms with E-state index in [0.717, 1.165) is 22.5 Å². The van der Waals surface area contributed by atoms with Crippen LogP contribution in [0.15, 0.2) is 47.6 Å². The van der Waals surface area contributed by atoms with Gasteiger partial charge in [0.15, 0.2) is 5.78 Å². The van der Waals surface area contributed by atoms with Crippen LogP contribution in [-0.4, -0.2) is 11.5 Å². The van der Waals surface area contributed by atoms with Gasteiger partial charge in [0.25, 0.3) is 0 Å². The summed E-state index contributed by atoms with van der Waals surface area (Å²) in [6.45, 7) is 14.6. The summed E-state index contributed by atoms with van der Waals surface area (Å²) in [5.41, 5.74) is 4.61. The molecule has 2 heteroatoms. The fraction of sp³-hybridized carbons (Fsp3) is 0.429. The van der Waals surface area contributed by atoms with Crippen LogP contribution in [0, 0.1) is 17.8 Å². The molecule has 122 valence electrons. The number of allylic oxidation sites excluding steroid dienone is 4. The van der Waals surface area contributed by atoms with Crippen molar-refractivity contribution in [1.82, 2.24) is 0 Å². The van der Waals surface area contributed by atoms with E-state index in [1.807, 2.05) is 12.2 Å². The van der Waals surface area contributed by atoms with Crippen LogP contribution < -0.4 is 4.99 Å². The van der Waals surface area contributed by atoms with Gasteiger partial charge in [0, 0.05) is 35.4 Å². The zero-order valence-electron chi connectivity index (χ0n) is 15.4. The predicted octanol–water partition coefficient (Wildman–Crippen LogP) is 3.68. The van der Waals surface area contributed by atoms with Gasteiger partial charge >= 0.3 is 0 Å². The van der Waals surface area contributed by atoms with Gasteiger partial charge in [-0.25, -0.2) is 4.99 Å². The zero-order chi connectivity index (χ0) is 17.4. The number of carbonyl (C=O) groups excluding carboxylic acids is 1. The summed E-state index contributed by atoms with van der Waals surface area (Å²) in [5, 5.41) is 0. The number of aryl methyl sites for hydroxylation is 1. The summed E-state index contributed by atoms with van der Waals surface area (Å²) in [7, 11) is 0. The van der Waals surface area contributed by atoms with E-state index >= 15 is 0 Å². The molecule has 0 saturated heterocycles. The number of benzene rings is 1. The number of Topliss-reactive ketones (excluding diaryl/α,β-unsaturated/α-hetero) is 1. The SMILES string of the molecule is Cc1ccc([NH+]=C2C=C(C(C)(C)C)C(=O)C(C(C)(C)C)=C2)cc1. The lowest BCUT2D eigenvalue weighted by atomic mass is 9.72. The Kier molecular flexibility index (Phi) is 4.48. The Labute approximate surface area is 140 Å². The lowest BCUT2D eigenvalue weighted by molar-refractivity contribution is -0.351. The molecule has 0 bridgehead atoms. The number of hydrogen-bond donors (Lipinski definition) is 1. The van der Waals surface area contributed by atoms with Crippen LogP contribution in [-0.2, 0) is 4.79 Å². The van der Waals surface area contributed by atoms with Crippen molar-refractivity contribution in [3.8, 4) is 0 Å². The van der Waals surface area contributed by atoms with Crippen molar-refractivity contribution >= 4 is 17.2 Å². The molecular weight excluding hydrogens is 282 g/mol. The molecule has 0 spiro atoms. The number of rotatable bonds is 1. The average Bonchev–Trinajstić information content (AvgIpc) is 2.40. The molecule has 1 aliphatic rings. The lowest BCUT2D eigenvalue weighted by Crippen LogP contribution is -2.66. The van der Waals surface area contributed by atoms with E-state index < -0.39 is 0 Å². The Balaban J connectivity index is 2.56. The van der Waals surface area contributed by atoms with Gasteiger partial charge in [-0.05, 0) is 17.8 Å². The first-order valence-corrected chi connectivity index (χ1v) is 8.18. The highest BCUT2D eigenvalue weighted by atomic mass is 16.1. The van der Waals surface area contributed by atoms with Gasteiger partial charge < -0.3 is 0 Å². The second-order valence-corrected chi connectivity index (χ2v) is 8.39. The van der Waals surface area contributed by atoms with Crippen LogP contribution in [0.2, 0.25) is 0 Å². The third-order valence-electron chi connectivity index (χ3n) is 4.05. The molecule has 0 saturated carbocycles. The van der Waals surface area contributed by atoms with Crippen molar-refractivity contribution in [2.45, 2.75) is 48.5 Å². The minimum Gasteiger partial charge on any atom is -0.289 e. The maximum absolute atomic E-state index is 12.9. The summed E-state index contributed by atoms with van der Waals surface area (Å²) in [4.78, 5) is 16.3. The van der Waals surface area contributed by atoms with Crippen LogP contribution in [0.4, 0.5) is 5.69 Å². The summed E-state index contributed by atoms with van der Waals surface area (Å²) in [6, 6.07) is 8.29. The molecule has 0 amide bonds. The average molecular weight is 310 g/mol. The van der Waals surface area contributed by atoms with Crippen LogP contribution >= 0.6 is 0 Å². The molecule has 0 radical (unpaired) electrons. The molecule has 0 unspecified atom stereocenters. The number of nitrogens with one attached hydrogen (secondary N) is 1. The second kappa shape index (κ2) is 5.92. The molecule has 2 rings (SSSR count). The van der Waals surface area contributed by atoms with Crippen LogP contribution in [0.3, 0.4) is 0 Å². The summed E-state index contributed by atoms with van der Waals surface area (Å²) < 4.78 is 0. The van der Waals surface area contributed by atoms with Gasteiger partial charge in [-0.3, -0.25) is 4.79 Å². The highest BCUT2D eigenvalue weighted by Gasteiger charge is 2.35. The van der Waals surface area contributed by atoms with Gasteiger partial charge in [0.2, 0.25) is 11.4 Å². The molecule has 23 heavy (non-hydrogen) atoms. The third kappa shape index (κ3) is 4.07. The molecule has 1 aromatic rings. The topological polar surface area (TPSA) is 31.0 Å². The van der Waals surface area contributed by atoms with E-state index in [4.69, 9.17) is 0 Å². The normalized spacial score (nSPS) is 16.1. The minimum atomic E-state index is -0.179. The van der Waals surface area contributed by atoms with E-state index in [1.54, 1.807) is 0 Å². The van der Waals surface area contributed by atoms with Gasteiger partial charge in [-0.1, -0.05) is 59.2 Å². The summed E-state index contributed by atoms with van der Waals surface area (Å²) in [6.07, 6.45) is 3.99. The first-order valence-electron chi connectivity index (χ1n) is 8.18. The Morgan fingerprint density at radius 2 is 1.22 bits per heavy atom. The maximum atomic E-state index is 12.9. The largest absolute Gasteiger partial charge is 0.289 e. The first-order chi connectivity index (χ1) is 10.5. The second-order valence-electron chi connectivity index (χ2n) is 8.39. The number of carbonyl (C=O) groups is 1. The fourth-order valence-electron chi connectivity index (χ4n) is 2.62. The Bertz CT molecular complexity index is 666. The molecule has 0 heterocycles. The lowest BCUT2D eigenvalue weighted by Gasteiger charge is -2.29. The minimum absolute atomic E-state index is 0.166. The van der Waals surface area contributed by atoms with Crippen molar-refractivity contribution in [3.05, 3.63) is 53.1 Å². The third-order valence-corrected chi connectivity index (χ3v) is 4.05. The number of hydrogen-bond acceptors (Lipinski definition) is 1. The molecule has 1 aromatic carbocycles. The molecule has 0 atom stereocenters. The van der Waals surface area contributed by atoms with Gasteiger partial charge in [-0.2, -0.15) is 0 Å². The molecule has 2 nitrogen and oxygen atoms in total. The highest BCUT2D eigenvalue weighted by Crippen LogP contribution is 2.36. The van der Waals surface area contributed by atoms with E-state index in [9.17, 15) is 4.79 Å². The Morgan fingerprint density at radius 1 is 0.783 bits per heavy atom. The molecule has 0 fully saturated rings. The fourth-order valence-corrected chi connectivity index (χ4v) is 2.62. The van der Waals surface area contributed by atoms with E-state index in [2.05, 4.69) is 77.7 Å². The van der Waals surface area contributed by atoms with Crippen molar-refractivity contribution in [2.24, 2.45) is 10.8 Å². The molecule has 0 aromatic heterocycles. The van der Waals surface area contributed by atoms with E-state index in [1.165, 1.54) is 5.56 Å². The van der Waals surface area contributed by atoms with Crippen molar-refractivity contribution in [1.29, 1.82) is 0 Å². The van der Waals surface area contributed by atoms with Crippen molar-refractivity contribution in [3.63, 3.8) is 0 Å². The van der Waals surface area contributed by atoms with Gasteiger partial charge in [0.05, 0.1) is 0 Å². The first kappa shape index (κ1) is 17.4. The van der Waals surface area contributed by atoms with E-state index in [-0.39, 0.29) is 16.6 Å². The highest BCUT2D eigenvalue weighted by molar-refractivity contribution is 6.21. The Hall–Kier alpha value is -1.96. The predicted molar refractivity (Wildman–Crippen MR) is 96.9 cm³/mol.